The number of likely N-dealkylation sites (tertiary alicyclic amines) is 1. The Balaban J connectivity index is 2.42. The van der Waals surface area contributed by atoms with Gasteiger partial charge in [0.1, 0.15) is 5.92 Å². The predicted molar refractivity (Wildman–Crippen MR) is 56.5 cm³/mol. The van der Waals surface area contributed by atoms with Gasteiger partial charge in [-0.2, -0.15) is 0 Å². The third-order valence-electron chi connectivity index (χ3n) is 2.61. The molecule has 4 nitrogen and oxygen atoms in total. The van der Waals surface area contributed by atoms with Gasteiger partial charge < -0.3 is 4.74 Å². The summed E-state index contributed by atoms with van der Waals surface area (Å²) in [6.07, 6.45) is 2.18. The Kier molecular flexibility index (Phi) is 4.75. The van der Waals surface area contributed by atoms with Crippen LogP contribution in [0.3, 0.4) is 0 Å². The van der Waals surface area contributed by atoms with E-state index >= 15 is 0 Å². The summed E-state index contributed by atoms with van der Waals surface area (Å²) in [6.45, 7) is 6.06. The minimum absolute atomic E-state index is 0.00422. The fourth-order valence-corrected chi connectivity index (χ4v) is 1.76. The molecule has 1 heterocycles. The van der Waals surface area contributed by atoms with Crippen LogP contribution in [-0.2, 0) is 14.3 Å². The van der Waals surface area contributed by atoms with Gasteiger partial charge in [0.05, 0.1) is 13.2 Å². The summed E-state index contributed by atoms with van der Waals surface area (Å²) in [7, 11) is 0. The van der Waals surface area contributed by atoms with Gasteiger partial charge in [-0.05, 0) is 19.9 Å². The zero-order valence-electron chi connectivity index (χ0n) is 9.49. The molecule has 86 valence electrons. The number of ether oxygens (including phenoxy) is 1. The maximum atomic E-state index is 11.5. The van der Waals surface area contributed by atoms with Crippen molar-refractivity contribution in [1.29, 1.82) is 0 Å². The summed E-state index contributed by atoms with van der Waals surface area (Å²) in [5, 5.41) is 0. The van der Waals surface area contributed by atoms with Crippen LogP contribution in [0.25, 0.3) is 0 Å². The van der Waals surface area contributed by atoms with Crippen molar-refractivity contribution in [2.45, 2.75) is 26.7 Å². The summed E-state index contributed by atoms with van der Waals surface area (Å²) in [5.41, 5.74) is 0. The molecule has 0 N–H and O–H groups in total. The Morgan fingerprint density at radius 1 is 1.53 bits per heavy atom. The second-order valence-corrected chi connectivity index (χ2v) is 3.86. The first kappa shape index (κ1) is 12.2. The Hall–Kier alpha value is -0.900. The second kappa shape index (κ2) is 5.85. The molecule has 0 radical (unpaired) electrons. The fraction of sp³-hybridized carbons (Fsp3) is 0.818. The molecule has 0 aromatic carbocycles. The molecule has 4 heteroatoms. The summed E-state index contributed by atoms with van der Waals surface area (Å²) in [4.78, 5) is 25.0. The lowest BCUT2D eigenvalue weighted by Gasteiger charge is -2.13. The number of esters is 1. The number of carbonyl (C=O) groups excluding carboxylic acids is 2. The van der Waals surface area contributed by atoms with Gasteiger partial charge >= 0.3 is 5.97 Å². The molecule has 1 saturated heterocycles. The molecule has 0 aliphatic carbocycles. The normalized spacial score (nSPS) is 22.0. The average Bonchev–Trinajstić information content (AvgIpc) is 2.57. The molecule has 1 aliphatic heterocycles. The molecular formula is C11H19NO3. The first-order valence-corrected chi connectivity index (χ1v) is 5.60. The van der Waals surface area contributed by atoms with Crippen LogP contribution in [0.1, 0.15) is 26.7 Å². The topological polar surface area (TPSA) is 46.6 Å². The largest absolute Gasteiger partial charge is 0.465 e. The molecule has 0 aromatic rings. The van der Waals surface area contributed by atoms with Crippen molar-refractivity contribution in [2.24, 2.45) is 5.92 Å². The molecule has 1 fully saturated rings. The molecule has 0 amide bonds. The Bertz CT molecular complexity index is 240. The quantitative estimate of drug-likeness (QED) is 0.502. The highest BCUT2D eigenvalue weighted by Crippen LogP contribution is 2.14. The van der Waals surface area contributed by atoms with Crippen LogP contribution in [0.15, 0.2) is 0 Å². The van der Waals surface area contributed by atoms with Crippen molar-refractivity contribution < 1.29 is 14.3 Å². The zero-order chi connectivity index (χ0) is 11.3. The first-order chi connectivity index (χ1) is 7.19. The van der Waals surface area contributed by atoms with Gasteiger partial charge in [0.2, 0.25) is 0 Å². The average molecular weight is 213 g/mol. The van der Waals surface area contributed by atoms with Crippen LogP contribution in [0.5, 0.6) is 0 Å². The van der Waals surface area contributed by atoms with E-state index in [-0.39, 0.29) is 11.8 Å². The summed E-state index contributed by atoms with van der Waals surface area (Å²) in [6, 6.07) is 0. The fourth-order valence-electron chi connectivity index (χ4n) is 1.76. The van der Waals surface area contributed by atoms with Gasteiger partial charge in [-0.25, -0.2) is 0 Å². The lowest BCUT2D eigenvalue weighted by molar-refractivity contribution is -0.149. The lowest BCUT2D eigenvalue weighted by atomic mass is 10.1. The van der Waals surface area contributed by atoms with Crippen LogP contribution in [-0.4, -0.2) is 42.9 Å². The highest BCUT2D eigenvalue weighted by molar-refractivity contribution is 6.01. The smallest absolute Gasteiger partial charge is 0.317 e. The Morgan fingerprint density at radius 2 is 2.27 bits per heavy atom. The number of Topliss-reactive ketones (excluding diaryl/α,β-unsaturated/α-hetero) is 1. The third kappa shape index (κ3) is 3.30. The molecule has 15 heavy (non-hydrogen) atoms. The van der Waals surface area contributed by atoms with E-state index in [4.69, 9.17) is 4.74 Å². The second-order valence-electron chi connectivity index (χ2n) is 3.86. The third-order valence-corrected chi connectivity index (χ3v) is 2.61. The number of hydrogen-bond acceptors (Lipinski definition) is 4. The molecule has 0 spiro atoms. The number of carbonyl (C=O) groups is 2. The minimum atomic E-state index is -0.540. The van der Waals surface area contributed by atoms with Crippen molar-refractivity contribution in [1.82, 2.24) is 4.90 Å². The van der Waals surface area contributed by atoms with Crippen LogP contribution in [0.4, 0.5) is 0 Å². The maximum Gasteiger partial charge on any atom is 0.317 e. The van der Waals surface area contributed by atoms with Crippen molar-refractivity contribution >= 4 is 11.8 Å². The number of hydrogen-bond donors (Lipinski definition) is 0. The summed E-state index contributed by atoms with van der Waals surface area (Å²) < 4.78 is 4.86. The predicted octanol–water partition coefficient (Wildman–Crippen LogP) is 0.851. The van der Waals surface area contributed by atoms with Crippen LogP contribution < -0.4 is 0 Å². The van der Waals surface area contributed by atoms with Crippen molar-refractivity contribution in [3.05, 3.63) is 0 Å². The highest BCUT2D eigenvalue weighted by atomic mass is 16.5. The van der Waals surface area contributed by atoms with E-state index in [1.54, 1.807) is 6.92 Å². The number of rotatable bonds is 5. The van der Waals surface area contributed by atoms with E-state index in [9.17, 15) is 9.59 Å². The zero-order valence-corrected chi connectivity index (χ0v) is 9.49. The SMILES string of the molecule is CCCCN1CC(=O)C(C(=O)OCC)C1. The molecule has 1 rings (SSSR count). The molecular weight excluding hydrogens is 194 g/mol. The van der Waals surface area contributed by atoms with Gasteiger partial charge in [-0.1, -0.05) is 13.3 Å². The van der Waals surface area contributed by atoms with Gasteiger partial charge in [0.25, 0.3) is 0 Å². The summed E-state index contributed by atoms with van der Waals surface area (Å²) in [5.74, 6) is -0.896. The van der Waals surface area contributed by atoms with Gasteiger partial charge in [0.15, 0.2) is 5.78 Å². The van der Waals surface area contributed by atoms with E-state index in [2.05, 4.69) is 6.92 Å². The van der Waals surface area contributed by atoms with Gasteiger partial charge in [-0.15, -0.1) is 0 Å². The number of ketones is 1. The first-order valence-electron chi connectivity index (χ1n) is 5.60. The maximum absolute atomic E-state index is 11.5. The number of nitrogens with zero attached hydrogens (tertiary/aromatic N) is 1. The van der Waals surface area contributed by atoms with Crippen molar-refractivity contribution in [2.75, 3.05) is 26.2 Å². The Labute approximate surface area is 90.6 Å². The van der Waals surface area contributed by atoms with Crippen LogP contribution in [0.2, 0.25) is 0 Å². The molecule has 0 saturated carbocycles. The standard InChI is InChI=1S/C11H19NO3/c1-3-5-6-12-7-9(10(13)8-12)11(14)15-4-2/h9H,3-8H2,1-2H3. The van der Waals surface area contributed by atoms with Crippen LogP contribution >= 0.6 is 0 Å². The van der Waals surface area contributed by atoms with E-state index in [0.717, 1.165) is 19.4 Å². The number of unbranched alkanes of at least 4 members (excludes halogenated alkanes) is 1. The molecule has 1 atom stereocenters. The van der Waals surface area contributed by atoms with Gasteiger partial charge in [0, 0.05) is 6.54 Å². The molecule has 1 aliphatic rings. The highest BCUT2D eigenvalue weighted by Gasteiger charge is 2.36. The summed E-state index contributed by atoms with van der Waals surface area (Å²) >= 11 is 0. The van der Waals surface area contributed by atoms with E-state index in [1.165, 1.54) is 0 Å². The van der Waals surface area contributed by atoms with E-state index < -0.39 is 5.92 Å². The van der Waals surface area contributed by atoms with Crippen molar-refractivity contribution in [3.8, 4) is 0 Å². The minimum Gasteiger partial charge on any atom is -0.465 e. The molecule has 0 bridgehead atoms. The van der Waals surface area contributed by atoms with E-state index in [0.29, 0.717) is 19.7 Å². The molecule has 1 unspecified atom stereocenters. The van der Waals surface area contributed by atoms with Crippen molar-refractivity contribution in [3.63, 3.8) is 0 Å². The monoisotopic (exact) mass is 213 g/mol. The van der Waals surface area contributed by atoms with Crippen LogP contribution in [0, 0.1) is 5.92 Å². The lowest BCUT2D eigenvalue weighted by Crippen LogP contribution is -2.26. The van der Waals surface area contributed by atoms with E-state index in [1.807, 2.05) is 4.90 Å². The Morgan fingerprint density at radius 3 is 2.87 bits per heavy atom. The van der Waals surface area contributed by atoms with Gasteiger partial charge in [-0.3, -0.25) is 14.5 Å². The molecule has 0 aromatic heterocycles.